The maximum atomic E-state index is 13.1. The molecule has 1 N–H and O–H groups in total. The summed E-state index contributed by atoms with van der Waals surface area (Å²) < 4.78 is 1.43. The normalized spacial score (nSPS) is 9.63. The number of halogens is 1. The van der Waals surface area contributed by atoms with Gasteiger partial charge in [-0.05, 0) is 42.2 Å². The minimum absolute atomic E-state index is 0. The summed E-state index contributed by atoms with van der Waals surface area (Å²) in [7, 11) is 0. The van der Waals surface area contributed by atoms with Crippen molar-refractivity contribution < 1.29 is 37.8 Å². The number of hydrogen-bond donors (Lipinski definition) is 1. The Morgan fingerprint density at radius 1 is 1.07 bits per heavy atom. The van der Waals surface area contributed by atoms with Crippen LogP contribution in [0.15, 0.2) is 53.3 Å². The maximum Gasteiger partial charge on any atom is 0.278 e. The van der Waals surface area contributed by atoms with Crippen molar-refractivity contribution in [3.63, 3.8) is 0 Å². The van der Waals surface area contributed by atoms with E-state index in [2.05, 4.69) is 5.10 Å². The molecule has 0 saturated heterocycles. The Balaban J connectivity index is 0.00000204. The van der Waals surface area contributed by atoms with E-state index < -0.39 is 0 Å². The van der Waals surface area contributed by atoms with E-state index >= 15 is 0 Å². The minimum Gasteiger partial charge on any atom is -0.505 e. The van der Waals surface area contributed by atoms with Gasteiger partial charge in [0, 0.05) is 37.7 Å². The molecule has 0 spiro atoms. The zero-order chi connectivity index (χ0) is 20.7. The smallest absolute Gasteiger partial charge is 0.278 e. The molecule has 30 heavy (non-hydrogen) atoms. The fraction of sp³-hybridized carbons (Fsp3) is 0.292. The molecular formula is C24H30ClN2O2Y-. The van der Waals surface area contributed by atoms with Gasteiger partial charge in [0.15, 0.2) is 5.75 Å². The van der Waals surface area contributed by atoms with Gasteiger partial charge in [-0.3, -0.25) is 4.79 Å². The summed E-state index contributed by atoms with van der Waals surface area (Å²) in [4.78, 5) is 13.1. The van der Waals surface area contributed by atoms with Crippen LogP contribution in [-0.2, 0) is 45.7 Å². The van der Waals surface area contributed by atoms with Gasteiger partial charge in [-0.1, -0.05) is 75.2 Å². The van der Waals surface area contributed by atoms with E-state index in [4.69, 9.17) is 11.6 Å². The van der Waals surface area contributed by atoms with Gasteiger partial charge in [0.05, 0.1) is 12.1 Å². The second kappa shape index (κ2) is 13.7. The first-order valence-electron chi connectivity index (χ1n) is 9.64. The van der Waals surface area contributed by atoms with E-state index in [1.165, 1.54) is 4.68 Å². The first-order chi connectivity index (χ1) is 13.5. The van der Waals surface area contributed by atoms with Crippen molar-refractivity contribution in [3.05, 3.63) is 88.2 Å². The Kier molecular flexibility index (Phi) is 13.1. The largest absolute Gasteiger partial charge is 0.505 e. The molecular weight excluding hydrogens is 473 g/mol. The van der Waals surface area contributed by atoms with Crippen molar-refractivity contribution in [2.45, 2.75) is 47.1 Å². The minimum atomic E-state index is -0.299. The molecule has 1 radical (unpaired) electrons. The molecule has 1 aromatic heterocycles. The van der Waals surface area contributed by atoms with Crippen molar-refractivity contribution in [3.8, 4) is 16.9 Å². The van der Waals surface area contributed by atoms with Gasteiger partial charge in [-0.15, -0.1) is 0 Å². The predicted octanol–water partition coefficient (Wildman–Crippen LogP) is 6.05. The maximum absolute atomic E-state index is 13.1. The molecule has 0 atom stereocenters. The van der Waals surface area contributed by atoms with Gasteiger partial charge in [0.25, 0.3) is 5.56 Å². The van der Waals surface area contributed by atoms with Crippen LogP contribution < -0.4 is 5.56 Å². The summed E-state index contributed by atoms with van der Waals surface area (Å²) in [6.07, 6.45) is 1.43. The van der Waals surface area contributed by atoms with Gasteiger partial charge < -0.3 is 12.5 Å². The van der Waals surface area contributed by atoms with E-state index in [1.807, 2.05) is 64.1 Å². The molecule has 0 bridgehead atoms. The van der Waals surface area contributed by atoms with Crippen LogP contribution in [0.25, 0.3) is 11.1 Å². The zero-order valence-electron chi connectivity index (χ0n) is 18.4. The zero-order valence-corrected chi connectivity index (χ0v) is 22.0. The Morgan fingerprint density at radius 3 is 2.23 bits per heavy atom. The number of rotatable bonds is 5. The number of aryl methyl sites for hydroxylation is 2. The third-order valence-corrected chi connectivity index (χ3v) is 4.60. The van der Waals surface area contributed by atoms with Gasteiger partial charge >= 0.3 is 0 Å². The number of aromatic hydroxyl groups is 1. The molecule has 1 heterocycles. The molecule has 0 fully saturated rings. The van der Waals surface area contributed by atoms with Crippen LogP contribution in [-0.4, -0.2) is 14.9 Å². The summed E-state index contributed by atoms with van der Waals surface area (Å²) in [6.45, 7) is 8.27. The number of aromatic nitrogens is 2. The molecule has 4 nitrogen and oxygen atoms in total. The molecule has 0 aliphatic rings. The van der Waals surface area contributed by atoms with Gasteiger partial charge in [0.2, 0.25) is 0 Å². The van der Waals surface area contributed by atoms with E-state index in [1.54, 1.807) is 12.1 Å². The Labute approximate surface area is 210 Å². The van der Waals surface area contributed by atoms with Gasteiger partial charge in [-0.2, -0.15) is 5.10 Å². The summed E-state index contributed by atoms with van der Waals surface area (Å²) in [5.41, 5.74) is 3.15. The van der Waals surface area contributed by atoms with Crippen molar-refractivity contribution in [1.82, 2.24) is 9.78 Å². The quantitative estimate of drug-likeness (QED) is 0.432. The van der Waals surface area contributed by atoms with E-state index in [9.17, 15) is 9.90 Å². The predicted molar refractivity (Wildman–Crippen MR) is 123 cm³/mol. The molecule has 0 aliphatic heterocycles. The first-order valence-corrected chi connectivity index (χ1v) is 10.0. The number of hydrogen-bond acceptors (Lipinski definition) is 3. The fourth-order valence-electron chi connectivity index (χ4n) is 2.98. The summed E-state index contributed by atoms with van der Waals surface area (Å²) in [5.74, 6) is -0.0153. The Morgan fingerprint density at radius 2 is 1.67 bits per heavy atom. The van der Waals surface area contributed by atoms with Crippen LogP contribution in [0.1, 0.15) is 44.0 Å². The van der Waals surface area contributed by atoms with Crippen LogP contribution in [0.3, 0.4) is 0 Å². The SMILES string of the molecule is CC.CCCc1nn(Cc2ccc(Cl)cc2)c(=O)c(-c2ccccc2C)c1O.[CH3-].[Y]. The summed E-state index contributed by atoms with van der Waals surface area (Å²) >= 11 is 5.94. The molecule has 0 amide bonds. The molecule has 0 aliphatic carbocycles. The first kappa shape index (κ1) is 28.5. The molecule has 159 valence electrons. The molecule has 3 aromatic rings. The molecule has 3 rings (SSSR count). The number of benzene rings is 2. The average Bonchev–Trinajstić information content (AvgIpc) is 2.70. The van der Waals surface area contributed by atoms with E-state index in [0.29, 0.717) is 29.2 Å². The second-order valence-electron chi connectivity index (χ2n) is 6.32. The van der Waals surface area contributed by atoms with Crippen LogP contribution in [0, 0.1) is 14.4 Å². The van der Waals surface area contributed by atoms with Crippen molar-refractivity contribution in [2.75, 3.05) is 0 Å². The third-order valence-electron chi connectivity index (χ3n) is 4.35. The average molecular weight is 503 g/mol. The fourth-order valence-corrected chi connectivity index (χ4v) is 3.11. The van der Waals surface area contributed by atoms with E-state index in [-0.39, 0.29) is 51.4 Å². The van der Waals surface area contributed by atoms with Crippen LogP contribution in [0.2, 0.25) is 5.02 Å². The second-order valence-corrected chi connectivity index (χ2v) is 6.76. The van der Waals surface area contributed by atoms with Crippen molar-refractivity contribution in [2.24, 2.45) is 0 Å². The monoisotopic (exact) mass is 502 g/mol. The molecule has 6 heteroatoms. The van der Waals surface area contributed by atoms with Crippen molar-refractivity contribution >= 4 is 11.6 Å². The van der Waals surface area contributed by atoms with Crippen LogP contribution >= 0.6 is 11.6 Å². The van der Waals surface area contributed by atoms with E-state index in [0.717, 1.165) is 23.1 Å². The molecule has 0 saturated carbocycles. The number of nitrogens with zero attached hydrogens (tertiary/aromatic N) is 2. The van der Waals surface area contributed by atoms with Crippen LogP contribution in [0.5, 0.6) is 5.75 Å². The topological polar surface area (TPSA) is 55.1 Å². The molecule has 0 unspecified atom stereocenters. The summed E-state index contributed by atoms with van der Waals surface area (Å²) in [5, 5.41) is 15.8. The van der Waals surface area contributed by atoms with Gasteiger partial charge in [0.1, 0.15) is 5.69 Å². The molecule has 2 aromatic carbocycles. The van der Waals surface area contributed by atoms with Crippen molar-refractivity contribution in [1.29, 1.82) is 0 Å². The Bertz CT molecular complexity index is 985. The third kappa shape index (κ3) is 6.76. The van der Waals surface area contributed by atoms with Gasteiger partial charge in [-0.25, -0.2) is 4.68 Å². The Hall–Kier alpha value is -1.49. The van der Waals surface area contributed by atoms with Crippen LogP contribution in [0.4, 0.5) is 0 Å². The standard InChI is InChI=1S/C21H21ClN2O2.C2H6.CH3.Y/c1-3-6-18-20(25)19(17-8-5-4-7-14(17)2)21(26)24(23-18)13-15-9-11-16(22)12-10-15;1-2;;/h4-5,7-12,25H,3,6,13H2,1-2H3;1-2H3;1H3;/q;;-1;. The summed E-state index contributed by atoms with van der Waals surface area (Å²) in [6, 6.07) is 14.9.